The lowest BCUT2D eigenvalue weighted by molar-refractivity contribution is 0.337. The van der Waals surface area contributed by atoms with Crippen LogP contribution >= 0.6 is 0 Å². The molecular weight excluding hydrogens is 132 g/mol. The minimum absolute atomic E-state index is 0.964. The van der Waals surface area contributed by atoms with E-state index in [0.29, 0.717) is 0 Å². The molecule has 2 atom stereocenters. The van der Waals surface area contributed by atoms with E-state index < -0.39 is 0 Å². The SMILES string of the molecule is C1=C[C@@H]2CCCCC[C@@H]2CC1. The first-order chi connectivity index (χ1) is 5.47. The maximum atomic E-state index is 2.49. The summed E-state index contributed by atoms with van der Waals surface area (Å²) in [6.07, 6.45) is 15.1. The van der Waals surface area contributed by atoms with E-state index in [4.69, 9.17) is 0 Å². The van der Waals surface area contributed by atoms with Gasteiger partial charge in [-0.3, -0.25) is 0 Å². The molecule has 2 aliphatic rings. The van der Waals surface area contributed by atoms with Gasteiger partial charge in [-0.1, -0.05) is 31.4 Å². The zero-order valence-corrected chi connectivity index (χ0v) is 7.26. The number of hydrogen-bond donors (Lipinski definition) is 0. The molecule has 0 heterocycles. The van der Waals surface area contributed by atoms with Gasteiger partial charge >= 0.3 is 0 Å². The lowest BCUT2D eigenvalue weighted by Gasteiger charge is -2.25. The van der Waals surface area contributed by atoms with Crippen LogP contribution in [0.1, 0.15) is 44.9 Å². The zero-order chi connectivity index (χ0) is 7.52. The van der Waals surface area contributed by atoms with Gasteiger partial charge in [0.05, 0.1) is 0 Å². The van der Waals surface area contributed by atoms with Crippen LogP contribution in [0.5, 0.6) is 0 Å². The molecule has 0 radical (unpaired) electrons. The number of hydrogen-bond acceptors (Lipinski definition) is 0. The molecule has 2 aliphatic carbocycles. The van der Waals surface area contributed by atoms with Crippen LogP contribution in [0, 0.1) is 11.8 Å². The van der Waals surface area contributed by atoms with E-state index in [9.17, 15) is 0 Å². The van der Waals surface area contributed by atoms with Crippen LogP contribution < -0.4 is 0 Å². The van der Waals surface area contributed by atoms with Gasteiger partial charge in [0.25, 0.3) is 0 Å². The molecule has 0 aliphatic heterocycles. The second kappa shape index (κ2) is 3.42. The predicted octanol–water partition coefficient (Wildman–Crippen LogP) is 3.53. The van der Waals surface area contributed by atoms with Gasteiger partial charge in [0.15, 0.2) is 0 Å². The van der Waals surface area contributed by atoms with Crippen molar-refractivity contribution >= 4 is 0 Å². The molecule has 0 nitrogen and oxygen atoms in total. The highest BCUT2D eigenvalue weighted by atomic mass is 14.3. The number of allylic oxidation sites excluding steroid dienone is 2. The molecule has 0 heteroatoms. The van der Waals surface area contributed by atoms with Crippen LogP contribution in [0.25, 0.3) is 0 Å². The average Bonchev–Trinajstić information content (AvgIpc) is 2.28. The van der Waals surface area contributed by atoms with Crippen LogP contribution in [0.3, 0.4) is 0 Å². The smallest absolute Gasteiger partial charge is 0.0205 e. The Morgan fingerprint density at radius 2 is 1.82 bits per heavy atom. The van der Waals surface area contributed by atoms with E-state index in [1.807, 2.05) is 0 Å². The first-order valence-corrected chi connectivity index (χ1v) is 5.13. The van der Waals surface area contributed by atoms with Crippen molar-refractivity contribution in [2.75, 3.05) is 0 Å². The van der Waals surface area contributed by atoms with Crippen LogP contribution in [0.4, 0.5) is 0 Å². The standard InChI is InChI=1S/C11H18/c1-2-6-10-8-4-5-9-11(10)7-3-1/h4,8,10-11H,1-3,5-7,9H2/t10-,11+/m0/s1. The zero-order valence-electron chi connectivity index (χ0n) is 7.26. The van der Waals surface area contributed by atoms with Crippen molar-refractivity contribution in [1.29, 1.82) is 0 Å². The van der Waals surface area contributed by atoms with Crippen molar-refractivity contribution in [3.05, 3.63) is 12.2 Å². The summed E-state index contributed by atoms with van der Waals surface area (Å²) >= 11 is 0. The van der Waals surface area contributed by atoms with Gasteiger partial charge in [0.2, 0.25) is 0 Å². The summed E-state index contributed by atoms with van der Waals surface area (Å²) in [6.45, 7) is 0. The lowest BCUT2D eigenvalue weighted by Crippen LogP contribution is -2.13. The summed E-state index contributed by atoms with van der Waals surface area (Å²) < 4.78 is 0. The Bertz CT molecular complexity index is 146. The molecule has 0 amide bonds. The summed E-state index contributed by atoms with van der Waals surface area (Å²) in [5.41, 5.74) is 0. The maximum absolute atomic E-state index is 2.49. The van der Waals surface area contributed by atoms with Crippen LogP contribution in [0.15, 0.2) is 12.2 Å². The Kier molecular flexibility index (Phi) is 2.30. The minimum Gasteiger partial charge on any atom is -0.0882 e. The third-order valence-corrected chi connectivity index (χ3v) is 3.31. The molecule has 11 heavy (non-hydrogen) atoms. The molecular formula is C11H18. The predicted molar refractivity (Wildman–Crippen MR) is 48.4 cm³/mol. The van der Waals surface area contributed by atoms with E-state index in [1.165, 1.54) is 44.9 Å². The van der Waals surface area contributed by atoms with Crippen molar-refractivity contribution < 1.29 is 0 Å². The van der Waals surface area contributed by atoms with E-state index in [1.54, 1.807) is 0 Å². The highest BCUT2D eigenvalue weighted by molar-refractivity contribution is 4.97. The topological polar surface area (TPSA) is 0 Å². The summed E-state index contributed by atoms with van der Waals surface area (Å²) in [7, 11) is 0. The normalized spacial score (nSPS) is 37.8. The number of rotatable bonds is 0. The molecule has 0 saturated heterocycles. The van der Waals surface area contributed by atoms with Crippen LogP contribution in [-0.4, -0.2) is 0 Å². The van der Waals surface area contributed by atoms with E-state index >= 15 is 0 Å². The van der Waals surface area contributed by atoms with Crippen molar-refractivity contribution in [3.63, 3.8) is 0 Å². The van der Waals surface area contributed by atoms with E-state index in [-0.39, 0.29) is 0 Å². The third kappa shape index (κ3) is 1.66. The molecule has 0 aromatic heterocycles. The van der Waals surface area contributed by atoms with Crippen LogP contribution in [0.2, 0.25) is 0 Å². The third-order valence-electron chi connectivity index (χ3n) is 3.31. The fourth-order valence-corrected chi connectivity index (χ4v) is 2.61. The quantitative estimate of drug-likeness (QED) is 0.463. The fraction of sp³-hybridized carbons (Fsp3) is 0.818. The molecule has 0 unspecified atom stereocenters. The van der Waals surface area contributed by atoms with Crippen molar-refractivity contribution in [2.24, 2.45) is 11.8 Å². The van der Waals surface area contributed by atoms with Crippen molar-refractivity contribution in [3.8, 4) is 0 Å². The highest BCUT2D eigenvalue weighted by Gasteiger charge is 2.22. The average molecular weight is 150 g/mol. The second-order valence-electron chi connectivity index (χ2n) is 4.07. The summed E-state index contributed by atoms with van der Waals surface area (Å²) in [5.74, 6) is 2.02. The Hall–Kier alpha value is -0.260. The summed E-state index contributed by atoms with van der Waals surface area (Å²) in [5, 5.41) is 0. The van der Waals surface area contributed by atoms with Gasteiger partial charge in [-0.05, 0) is 37.5 Å². The first kappa shape index (κ1) is 7.39. The lowest BCUT2D eigenvalue weighted by atomic mass is 9.81. The summed E-state index contributed by atoms with van der Waals surface area (Å²) in [4.78, 5) is 0. The highest BCUT2D eigenvalue weighted by Crippen LogP contribution is 2.35. The number of fused-ring (bicyclic) bond motifs is 1. The van der Waals surface area contributed by atoms with Crippen LogP contribution in [-0.2, 0) is 0 Å². The second-order valence-corrected chi connectivity index (χ2v) is 4.07. The molecule has 1 fully saturated rings. The molecule has 0 N–H and O–H groups in total. The molecule has 0 spiro atoms. The Labute approximate surface area is 69.7 Å². The minimum atomic E-state index is 0.964. The molecule has 0 aromatic rings. The van der Waals surface area contributed by atoms with Gasteiger partial charge in [-0.15, -0.1) is 0 Å². The van der Waals surface area contributed by atoms with Crippen molar-refractivity contribution in [2.45, 2.75) is 44.9 Å². The van der Waals surface area contributed by atoms with Gasteiger partial charge in [-0.2, -0.15) is 0 Å². The monoisotopic (exact) mass is 150 g/mol. The van der Waals surface area contributed by atoms with Crippen molar-refractivity contribution in [1.82, 2.24) is 0 Å². The van der Waals surface area contributed by atoms with E-state index in [2.05, 4.69) is 12.2 Å². The van der Waals surface area contributed by atoms with Gasteiger partial charge < -0.3 is 0 Å². The van der Waals surface area contributed by atoms with E-state index in [0.717, 1.165) is 11.8 Å². The maximum Gasteiger partial charge on any atom is -0.0205 e. The summed E-state index contributed by atoms with van der Waals surface area (Å²) in [6, 6.07) is 0. The van der Waals surface area contributed by atoms with Gasteiger partial charge in [0, 0.05) is 0 Å². The van der Waals surface area contributed by atoms with Gasteiger partial charge in [-0.25, -0.2) is 0 Å². The molecule has 62 valence electrons. The first-order valence-electron chi connectivity index (χ1n) is 5.13. The molecule has 0 aromatic carbocycles. The molecule has 1 saturated carbocycles. The Morgan fingerprint density at radius 3 is 2.82 bits per heavy atom. The Morgan fingerprint density at radius 1 is 0.909 bits per heavy atom. The molecule has 0 bridgehead atoms. The Balaban J connectivity index is 2.02. The largest absolute Gasteiger partial charge is 0.0882 e. The fourth-order valence-electron chi connectivity index (χ4n) is 2.61. The van der Waals surface area contributed by atoms with Gasteiger partial charge in [0.1, 0.15) is 0 Å². The molecule has 2 rings (SSSR count).